The molecule has 1 fully saturated rings. The number of hydrogen-bond donors (Lipinski definition) is 0. The summed E-state index contributed by atoms with van der Waals surface area (Å²) in [6.07, 6.45) is -3.20. The van der Waals surface area contributed by atoms with E-state index >= 15 is 0 Å². The van der Waals surface area contributed by atoms with Crippen LogP contribution in [-0.4, -0.2) is 33.5 Å². The summed E-state index contributed by atoms with van der Waals surface area (Å²) in [6.45, 7) is 5.08. The van der Waals surface area contributed by atoms with Gasteiger partial charge in [-0.3, -0.25) is 9.78 Å². The normalized spacial score (nSPS) is 18.8. The molecule has 132 valence electrons. The van der Waals surface area contributed by atoms with Crippen LogP contribution in [-0.2, 0) is 22.1 Å². The SMILES string of the molecule is CC(C)(C)OC(=O)N1C(=O)CC[C@@H]1Cc1ccc(C(F)(F)F)nc1. The fourth-order valence-electron chi connectivity index (χ4n) is 2.48. The van der Waals surface area contributed by atoms with Crippen LogP contribution in [0.3, 0.4) is 0 Å². The van der Waals surface area contributed by atoms with Gasteiger partial charge >= 0.3 is 12.3 Å². The van der Waals surface area contributed by atoms with E-state index in [1.54, 1.807) is 20.8 Å². The topological polar surface area (TPSA) is 59.5 Å². The fraction of sp³-hybridized carbons (Fsp3) is 0.562. The molecule has 1 aliphatic heterocycles. The first kappa shape index (κ1) is 18.2. The Morgan fingerprint density at radius 1 is 1.33 bits per heavy atom. The second kappa shape index (κ2) is 6.41. The predicted octanol–water partition coefficient (Wildman–Crippen LogP) is 3.57. The Morgan fingerprint density at radius 2 is 2.00 bits per heavy atom. The van der Waals surface area contributed by atoms with Crippen LogP contribution in [0.2, 0.25) is 0 Å². The van der Waals surface area contributed by atoms with Crippen LogP contribution >= 0.6 is 0 Å². The molecule has 2 heterocycles. The third kappa shape index (κ3) is 4.46. The summed E-state index contributed by atoms with van der Waals surface area (Å²) in [7, 11) is 0. The van der Waals surface area contributed by atoms with Gasteiger partial charge in [0, 0.05) is 18.7 Å². The Labute approximate surface area is 137 Å². The summed E-state index contributed by atoms with van der Waals surface area (Å²) < 4.78 is 42.8. The smallest absolute Gasteiger partial charge is 0.433 e. The van der Waals surface area contributed by atoms with Gasteiger partial charge in [0.25, 0.3) is 0 Å². The van der Waals surface area contributed by atoms with E-state index in [0.29, 0.717) is 12.0 Å². The highest BCUT2D eigenvalue weighted by atomic mass is 19.4. The van der Waals surface area contributed by atoms with Crippen LogP contribution in [0.4, 0.5) is 18.0 Å². The van der Waals surface area contributed by atoms with Crippen molar-refractivity contribution in [2.75, 3.05) is 0 Å². The van der Waals surface area contributed by atoms with Crippen LogP contribution in [0.25, 0.3) is 0 Å². The van der Waals surface area contributed by atoms with Crippen LogP contribution in [0, 0.1) is 0 Å². The molecule has 0 saturated carbocycles. The Balaban J connectivity index is 2.10. The first-order chi connectivity index (χ1) is 11.0. The van der Waals surface area contributed by atoms with E-state index in [9.17, 15) is 22.8 Å². The number of likely N-dealkylation sites (tertiary alicyclic amines) is 1. The Morgan fingerprint density at radius 3 is 2.50 bits per heavy atom. The first-order valence-electron chi connectivity index (χ1n) is 7.54. The van der Waals surface area contributed by atoms with Crippen molar-refractivity contribution in [3.05, 3.63) is 29.6 Å². The second-order valence-electron chi connectivity index (χ2n) is 6.69. The van der Waals surface area contributed by atoms with Gasteiger partial charge in [0.2, 0.25) is 5.91 Å². The number of rotatable bonds is 2. The van der Waals surface area contributed by atoms with E-state index in [1.807, 2.05) is 0 Å². The minimum Gasteiger partial charge on any atom is -0.443 e. The zero-order valence-corrected chi connectivity index (χ0v) is 13.7. The van der Waals surface area contributed by atoms with Gasteiger partial charge < -0.3 is 4.74 Å². The maximum Gasteiger partial charge on any atom is 0.433 e. The molecule has 24 heavy (non-hydrogen) atoms. The molecule has 1 saturated heterocycles. The highest BCUT2D eigenvalue weighted by Gasteiger charge is 2.38. The molecule has 2 rings (SSSR count). The summed E-state index contributed by atoms with van der Waals surface area (Å²) in [4.78, 5) is 28.6. The fourth-order valence-corrected chi connectivity index (χ4v) is 2.48. The number of aromatic nitrogens is 1. The monoisotopic (exact) mass is 344 g/mol. The standard InChI is InChI=1S/C16H19F3N2O3/c1-15(2,3)24-14(23)21-11(5-7-13(21)22)8-10-4-6-12(20-9-10)16(17,18)19/h4,6,9,11H,5,7-8H2,1-3H3/t11-/m1/s1. The molecule has 0 aliphatic carbocycles. The summed E-state index contributed by atoms with van der Waals surface area (Å²) in [5.41, 5.74) is -1.19. The number of nitrogens with zero attached hydrogens (tertiary/aromatic N) is 2. The van der Waals surface area contributed by atoms with Crippen molar-refractivity contribution in [2.24, 2.45) is 0 Å². The van der Waals surface area contributed by atoms with E-state index < -0.39 is 29.6 Å². The Bertz CT molecular complexity index is 621. The van der Waals surface area contributed by atoms with E-state index in [0.717, 1.165) is 17.2 Å². The third-order valence-corrected chi connectivity index (χ3v) is 3.50. The summed E-state index contributed by atoms with van der Waals surface area (Å²) in [6, 6.07) is 1.77. The lowest BCUT2D eigenvalue weighted by Gasteiger charge is -2.27. The number of pyridine rings is 1. The summed E-state index contributed by atoms with van der Waals surface area (Å²) in [5, 5.41) is 0. The molecule has 0 radical (unpaired) electrons. The van der Waals surface area contributed by atoms with Crippen LogP contribution in [0.1, 0.15) is 44.9 Å². The molecule has 0 spiro atoms. The third-order valence-electron chi connectivity index (χ3n) is 3.50. The van der Waals surface area contributed by atoms with Gasteiger partial charge in [0.05, 0.1) is 0 Å². The number of ether oxygens (including phenoxy) is 1. The summed E-state index contributed by atoms with van der Waals surface area (Å²) >= 11 is 0. The zero-order valence-electron chi connectivity index (χ0n) is 13.7. The minimum atomic E-state index is -4.50. The van der Waals surface area contributed by atoms with Gasteiger partial charge in [-0.15, -0.1) is 0 Å². The first-order valence-corrected chi connectivity index (χ1v) is 7.54. The Kier molecular flexibility index (Phi) is 4.87. The molecular formula is C16H19F3N2O3. The van der Waals surface area contributed by atoms with Gasteiger partial charge in [0.1, 0.15) is 11.3 Å². The van der Waals surface area contributed by atoms with Gasteiger partial charge in [-0.1, -0.05) is 6.07 Å². The van der Waals surface area contributed by atoms with Crippen LogP contribution in [0.15, 0.2) is 18.3 Å². The van der Waals surface area contributed by atoms with Crippen LogP contribution in [0.5, 0.6) is 0 Å². The van der Waals surface area contributed by atoms with E-state index in [-0.39, 0.29) is 18.7 Å². The molecule has 5 nitrogen and oxygen atoms in total. The maximum absolute atomic E-state index is 12.5. The van der Waals surface area contributed by atoms with Crippen molar-refractivity contribution in [2.45, 2.75) is 57.9 Å². The lowest BCUT2D eigenvalue weighted by atomic mass is 10.1. The number of carbonyl (C=O) groups is 2. The number of amides is 2. The van der Waals surface area contributed by atoms with E-state index in [1.165, 1.54) is 6.07 Å². The van der Waals surface area contributed by atoms with Crippen molar-refractivity contribution in [3.63, 3.8) is 0 Å². The lowest BCUT2D eigenvalue weighted by Crippen LogP contribution is -2.43. The molecule has 0 N–H and O–H groups in total. The number of hydrogen-bond acceptors (Lipinski definition) is 4. The molecular weight excluding hydrogens is 325 g/mol. The number of alkyl halides is 3. The average molecular weight is 344 g/mol. The molecule has 2 amide bonds. The molecule has 1 atom stereocenters. The van der Waals surface area contributed by atoms with Gasteiger partial charge in [-0.2, -0.15) is 13.2 Å². The van der Waals surface area contributed by atoms with Crippen molar-refractivity contribution < 1.29 is 27.5 Å². The van der Waals surface area contributed by atoms with Gasteiger partial charge in [-0.25, -0.2) is 9.69 Å². The quantitative estimate of drug-likeness (QED) is 0.823. The average Bonchev–Trinajstić information content (AvgIpc) is 2.77. The second-order valence-corrected chi connectivity index (χ2v) is 6.69. The molecule has 0 bridgehead atoms. The molecule has 0 aromatic carbocycles. The number of imide groups is 1. The van der Waals surface area contributed by atoms with Crippen molar-refractivity contribution in [1.82, 2.24) is 9.88 Å². The van der Waals surface area contributed by atoms with Gasteiger partial charge in [0.15, 0.2) is 0 Å². The van der Waals surface area contributed by atoms with E-state index in [2.05, 4.69) is 4.98 Å². The predicted molar refractivity (Wildman–Crippen MR) is 79.0 cm³/mol. The minimum absolute atomic E-state index is 0.206. The van der Waals surface area contributed by atoms with Crippen LogP contribution < -0.4 is 0 Å². The molecule has 0 unspecified atom stereocenters. The van der Waals surface area contributed by atoms with Gasteiger partial charge in [-0.05, 0) is 45.2 Å². The molecule has 1 aromatic heterocycles. The number of halogens is 3. The molecule has 1 aliphatic rings. The maximum atomic E-state index is 12.5. The molecule has 8 heteroatoms. The van der Waals surface area contributed by atoms with E-state index in [4.69, 9.17) is 4.74 Å². The highest BCUT2D eigenvalue weighted by molar-refractivity contribution is 5.94. The van der Waals surface area contributed by atoms with Crippen molar-refractivity contribution in [3.8, 4) is 0 Å². The van der Waals surface area contributed by atoms with Crippen molar-refractivity contribution in [1.29, 1.82) is 0 Å². The zero-order chi connectivity index (χ0) is 18.1. The van der Waals surface area contributed by atoms with Crippen molar-refractivity contribution >= 4 is 12.0 Å². The molecule has 1 aromatic rings. The lowest BCUT2D eigenvalue weighted by molar-refractivity contribution is -0.141. The largest absolute Gasteiger partial charge is 0.443 e. The Hall–Kier alpha value is -2.12. The number of carbonyl (C=O) groups excluding carboxylic acids is 2. The summed E-state index contributed by atoms with van der Waals surface area (Å²) in [5.74, 6) is -0.339. The highest BCUT2D eigenvalue weighted by Crippen LogP contribution is 2.28.